The van der Waals surface area contributed by atoms with E-state index >= 15 is 0 Å². The molecule has 2 aliphatic carbocycles. The van der Waals surface area contributed by atoms with E-state index in [0.29, 0.717) is 10.9 Å². The number of aromatic nitrogens is 1. The Labute approximate surface area is 265 Å². The molecule has 2 aliphatic rings. The summed E-state index contributed by atoms with van der Waals surface area (Å²) in [5.41, 5.74) is -0.429. The number of pyridine rings is 1. The van der Waals surface area contributed by atoms with Gasteiger partial charge in [0.2, 0.25) is 22.8 Å². The summed E-state index contributed by atoms with van der Waals surface area (Å²) in [5, 5.41) is -1.09. The second-order valence-electron chi connectivity index (χ2n) is 8.99. The van der Waals surface area contributed by atoms with Crippen molar-refractivity contribution < 1.29 is 23.7 Å². The number of carbonyl (C=O) groups excluding carboxylic acids is 4. The van der Waals surface area contributed by atoms with Crippen LogP contribution in [0.5, 0.6) is 0 Å². The van der Waals surface area contributed by atoms with E-state index < -0.39 is 35.1 Å². The van der Waals surface area contributed by atoms with Crippen molar-refractivity contribution in [3.8, 4) is 0 Å². The van der Waals surface area contributed by atoms with Crippen molar-refractivity contribution in [1.29, 1.82) is 0 Å². The van der Waals surface area contributed by atoms with Crippen LogP contribution in [0, 0.1) is 0 Å². The fraction of sp³-hybridized carbons (Fsp3) is 0.0741. The summed E-state index contributed by atoms with van der Waals surface area (Å²) in [5.74, 6) is -4.48. The van der Waals surface area contributed by atoms with Gasteiger partial charge in [0.05, 0.1) is 62.4 Å². The summed E-state index contributed by atoms with van der Waals surface area (Å²) in [4.78, 5) is 55.4. The Morgan fingerprint density at radius 1 is 0.475 bits per heavy atom. The second-order valence-corrected chi connectivity index (χ2v) is 12.0. The van der Waals surface area contributed by atoms with E-state index in [1.807, 2.05) is 0 Å². The number of Topliss-reactive ketones (excluding diaryl/α,β-unsaturated/α-hetero) is 4. The molecule has 6 rings (SSSR count). The maximum atomic E-state index is 13.9. The highest BCUT2D eigenvalue weighted by Gasteiger charge is 2.54. The van der Waals surface area contributed by atoms with Gasteiger partial charge in [-0.3, -0.25) is 19.2 Å². The van der Waals surface area contributed by atoms with E-state index in [2.05, 4.69) is 0 Å². The molecule has 0 aliphatic heterocycles. The molecule has 0 unspecified atom stereocenters. The molecule has 40 heavy (non-hydrogen) atoms. The van der Waals surface area contributed by atoms with E-state index in [9.17, 15) is 19.2 Å². The Hall–Kier alpha value is -1.93. The number of nitrogens with zero attached hydrogens (tertiary/aromatic N) is 1. The van der Waals surface area contributed by atoms with Gasteiger partial charge in [-0.25, -0.2) is 0 Å². The minimum atomic E-state index is -1.59. The summed E-state index contributed by atoms with van der Waals surface area (Å²) in [6.45, 7) is 0. The van der Waals surface area contributed by atoms with Gasteiger partial charge in [0.1, 0.15) is 0 Å². The molecule has 0 spiro atoms. The molecule has 0 saturated carbocycles. The normalized spacial score (nSPS) is 15.5. The molecule has 0 N–H and O–H groups in total. The van der Waals surface area contributed by atoms with Crippen LogP contribution in [-0.4, -0.2) is 23.1 Å². The van der Waals surface area contributed by atoms with Crippen molar-refractivity contribution in [2.24, 2.45) is 0 Å². The first-order valence-electron chi connectivity index (χ1n) is 11.2. The Kier molecular flexibility index (Phi) is 6.93. The van der Waals surface area contributed by atoms with E-state index in [-0.39, 0.29) is 68.1 Å². The number of ketones is 4. The Morgan fingerprint density at radius 2 is 0.875 bits per heavy atom. The van der Waals surface area contributed by atoms with Gasteiger partial charge in [-0.15, -0.1) is 0 Å². The highest BCUT2D eigenvalue weighted by Crippen LogP contribution is 2.49. The molecule has 0 radical (unpaired) electrons. The summed E-state index contributed by atoms with van der Waals surface area (Å²) < 4.78 is 1.33. The highest BCUT2D eigenvalue weighted by molar-refractivity contribution is 6.57. The van der Waals surface area contributed by atoms with Gasteiger partial charge in [0.25, 0.3) is 6.04 Å². The van der Waals surface area contributed by atoms with Gasteiger partial charge in [-0.05, 0) is 12.1 Å². The molecule has 0 saturated heterocycles. The Balaban J connectivity index is 1.65. The number of para-hydroxylation sites is 1. The maximum absolute atomic E-state index is 13.9. The van der Waals surface area contributed by atoms with Crippen LogP contribution in [0.2, 0.25) is 40.2 Å². The highest BCUT2D eigenvalue weighted by atomic mass is 35.5. The third-order valence-electron chi connectivity index (χ3n) is 7.00. The number of carbonyl (C=O) groups is 4. The molecule has 3 aromatic carbocycles. The molecule has 0 atom stereocenters. The molecule has 0 amide bonds. The molecule has 1 heterocycles. The first-order valence-corrected chi connectivity index (χ1v) is 14.2. The van der Waals surface area contributed by atoms with Crippen molar-refractivity contribution in [3.05, 3.63) is 105 Å². The standard InChI is InChI=1S/C27H8Cl8NO4/c28-15-11-12(16(29)20(33)19(15)32)25(38)10(24(11)37)9-6-5-7-3-1-2-4-8(7)36(9)23-26(39)13-14(27(23)40)18(31)22(35)21(34)17(13)30/h1-6,10,23H/q+1. The molecular formula is C27H8Cl8NO4+. The van der Waals surface area contributed by atoms with E-state index in [1.54, 1.807) is 30.3 Å². The topological polar surface area (TPSA) is 72.2 Å². The van der Waals surface area contributed by atoms with E-state index in [4.69, 9.17) is 92.8 Å². The predicted octanol–water partition coefficient (Wildman–Crippen LogP) is 9.14. The lowest BCUT2D eigenvalue weighted by Crippen LogP contribution is -2.51. The SMILES string of the molecule is O=C1c2c(Cl)c(Cl)c(Cl)c(Cl)c2C(=O)C1c1ccc2ccccc2[n+]1C1C(=O)c2c(Cl)c(Cl)c(Cl)c(Cl)c2C1=O. The van der Waals surface area contributed by atoms with Crippen molar-refractivity contribution >= 4 is 127 Å². The van der Waals surface area contributed by atoms with Crippen molar-refractivity contribution in [1.82, 2.24) is 0 Å². The van der Waals surface area contributed by atoms with Crippen LogP contribution < -0.4 is 4.57 Å². The zero-order chi connectivity index (χ0) is 28.9. The summed E-state index contributed by atoms with van der Waals surface area (Å²) in [6, 6.07) is 8.33. The lowest BCUT2D eigenvalue weighted by molar-refractivity contribution is -0.675. The van der Waals surface area contributed by atoms with Gasteiger partial charge in [-0.2, -0.15) is 4.57 Å². The van der Waals surface area contributed by atoms with Crippen molar-refractivity contribution in [2.45, 2.75) is 12.0 Å². The molecule has 0 bridgehead atoms. The predicted molar refractivity (Wildman–Crippen MR) is 156 cm³/mol. The van der Waals surface area contributed by atoms with E-state index in [0.717, 1.165) is 0 Å². The average Bonchev–Trinajstić information content (AvgIpc) is 3.35. The number of benzene rings is 3. The molecule has 5 nitrogen and oxygen atoms in total. The fourth-order valence-corrected chi connectivity index (χ4v) is 7.34. The van der Waals surface area contributed by atoms with Gasteiger partial charge in [0.15, 0.2) is 17.5 Å². The number of hydrogen-bond acceptors (Lipinski definition) is 4. The van der Waals surface area contributed by atoms with Crippen LogP contribution in [0.25, 0.3) is 10.9 Å². The quantitative estimate of drug-likeness (QED) is 0.0909. The monoisotopic (exact) mass is 690 g/mol. The van der Waals surface area contributed by atoms with Gasteiger partial charge >= 0.3 is 0 Å². The average molecular weight is 694 g/mol. The number of fused-ring (bicyclic) bond motifs is 3. The van der Waals surface area contributed by atoms with Crippen molar-refractivity contribution in [2.75, 3.05) is 0 Å². The number of hydrogen-bond donors (Lipinski definition) is 0. The molecule has 13 heteroatoms. The van der Waals surface area contributed by atoms with Crippen LogP contribution in [-0.2, 0) is 0 Å². The van der Waals surface area contributed by atoms with Gasteiger partial charge in [0, 0.05) is 17.5 Å². The molecule has 200 valence electrons. The molecular weight excluding hydrogens is 686 g/mol. The zero-order valence-corrected chi connectivity index (χ0v) is 25.3. The largest absolute Gasteiger partial charge is 0.293 e. The number of halogens is 8. The van der Waals surface area contributed by atoms with Crippen LogP contribution in [0.4, 0.5) is 0 Å². The van der Waals surface area contributed by atoms with Crippen LogP contribution in [0.3, 0.4) is 0 Å². The first-order chi connectivity index (χ1) is 18.9. The first kappa shape index (κ1) is 28.2. The minimum absolute atomic E-state index is 0.0215. The number of rotatable bonds is 2. The zero-order valence-electron chi connectivity index (χ0n) is 19.2. The van der Waals surface area contributed by atoms with Gasteiger partial charge < -0.3 is 0 Å². The van der Waals surface area contributed by atoms with E-state index in [1.165, 1.54) is 10.6 Å². The molecule has 1 aromatic heterocycles. The van der Waals surface area contributed by atoms with Crippen LogP contribution in [0.15, 0.2) is 36.4 Å². The lowest BCUT2D eigenvalue weighted by Gasteiger charge is -2.14. The lowest BCUT2D eigenvalue weighted by atomic mass is 9.96. The Bertz CT molecular complexity index is 1840. The molecule has 4 aromatic rings. The second kappa shape index (κ2) is 9.82. The summed E-state index contributed by atoms with van der Waals surface area (Å²) >= 11 is 50.2. The summed E-state index contributed by atoms with van der Waals surface area (Å²) in [7, 11) is 0. The molecule has 0 fully saturated rings. The fourth-order valence-electron chi connectivity index (χ4n) is 5.26. The summed E-state index contributed by atoms with van der Waals surface area (Å²) in [6.07, 6.45) is 0. The van der Waals surface area contributed by atoms with Crippen LogP contribution in [0.1, 0.15) is 59.1 Å². The maximum Gasteiger partial charge on any atom is 0.284 e. The van der Waals surface area contributed by atoms with Crippen LogP contribution >= 0.6 is 92.8 Å². The third kappa shape index (κ3) is 3.66. The minimum Gasteiger partial charge on any atom is -0.293 e. The Morgan fingerprint density at radius 3 is 1.32 bits per heavy atom. The van der Waals surface area contributed by atoms with Crippen molar-refractivity contribution in [3.63, 3.8) is 0 Å². The van der Waals surface area contributed by atoms with Gasteiger partial charge in [-0.1, -0.05) is 105 Å². The third-order valence-corrected chi connectivity index (χ3v) is 10.6. The smallest absolute Gasteiger partial charge is 0.284 e.